The Bertz CT molecular complexity index is 495. The number of hydrogen-bond acceptors (Lipinski definition) is 2. The smallest absolute Gasteiger partial charge is 0.230 e. The van der Waals surface area contributed by atoms with Crippen molar-refractivity contribution in [2.24, 2.45) is 0 Å². The molecule has 88 valence electrons. The lowest BCUT2D eigenvalue weighted by molar-refractivity contribution is -0.140. The van der Waals surface area contributed by atoms with E-state index >= 15 is 0 Å². The number of aryl methyl sites for hydroxylation is 1. The molecule has 0 unspecified atom stereocenters. The summed E-state index contributed by atoms with van der Waals surface area (Å²) < 4.78 is 0. The zero-order valence-corrected chi connectivity index (χ0v) is 9.85. The van der Waals surface area contributed by atoms with Crippen molar-refractivity contribution in [1.29, 1.82) is 0 Å². The SMILES string of the molecule is Cc1ccccc1[C@@H]1CC(=O)N2C(=O)CC[C@H]12. The Morgan fingerprint density at radius 1 is 1.18 bits per heavy atom. The largest absolute Gasteiger partial charge is 0.279 e. The number of nitrogens with zero attached hydrogens (tertiary/aromatic N) is 1. The summed E-state index contributed by atoms with van der Waals surface area (Å²) in [7, 11) is 0. The van der Waals surface area contributed by atoms with Crippen LogP contribution in [0.25, 0.3) is 0 Å². The van der Waals surface area contributed by atoms with Gasteiger partial charge in [0.1, 0.15) is 0 Å². The van der Waals surface area contributed by atoms with Crippen molar-refractivity contribution in [1.82, 2.24) is 4.90 Å². The van der Waals surface area contributed by atoms with E-state index in [-0.39, 0.29) is 23.8 Å². The number of benzene rings is 1. The normalized spacial score (nSPS) is 27.7. The number of rotatable bonds is 1. The second kappa shape index (κ2) is 3.69. The van der Waals surface area contributed by atoms with Gasteiger partial charge >= 0.3 is 0 Å². The van der Waals surface area contributed by atoms with Gasteiger partial charge in [0, 0.05) is 24.8 Å². The monoisotopic (exact) mass is 229 g/mol. The minimum atomic E-state index is 0.00533. The van der Waals surface area contributed by atoms with Crippen LogP contribution >= 0.6 is 0 Å². The van der Waals surface area contributed by atoms with Crippen molar-refractivity contribution in [2.75, 3.05) is 0 Å². The number of amides is 2. The Hall–Kier alpha value is -1.64. The van der Waals surface area contributed by atoms with Crippen LogP contribution in [0.1, 0.15) is 36.3 Å². The summed E-state index contributed by atoms with van der Waals surface area (Å²) >= 11 is 0. The van der Waals surface area contributed by atoms with Crippen LogP contribution in [-0.2, 0) is 9.59 Å². The molecule has 2 atom stereocenters. The van der Waals surface area contributed by atoms with Gasteiger partial charge in [-0.2, -0.15) is 0 Å². The first-order valence-electron chi connectivity index (χ1n) is 6.09. The second-order valence-corrected chi connectivity index (χ2v) is 4.93. The molecule has 17 heavy (non-hydrogen) atoms. The minimum Gasteiger partial charge on any atom is -0.279 e. The molecular weight excluding hydrogens is 214 g/mol. The van der Waals surface area contributed by atoms with Crippen molar-refractivity contribution in [2.45, 2.75) is 38.1 Å². The van der Waals surface area contributed by atoms with E-state index in [0.717, 1.165) is 6.42 Å². The van der Waals surface area contributed by atoms with Crippen LogP contribution in [0, 0.1) is 6.92 Å². The highest BCUT2D eigenvalue weighted by Gasteiger charge is 2.47. The standard InChI is InChI=1S/C14H15NO2/c1-9-4-2-3-5-10(9)11-8-14(17)15-12(11)6-7-13(15)16/h2-5,11-12H,6-8H2,1H3/t11-,12+/m0/s1. The topological polar surface area (TPSA) is 37.4 Å². The van der Waals surface area contributed by atoms with Gasteiger partial charge in [-0.15, -0.1) is 0 Å². The van der Waals surface area contributed by atoms with Crippen LogP contribution in [0.3, 0.4) is 0 Å². The van der Waals surface area contributed by atoms with E-state index in [4.69, 9.17) is 0 Å². The molecule has 0 radical (unpaired) electrons. The van der Waals surface area contributed by atoms with E-state index in [1.807, 2.05) is 12.1 Å². The van der Waals surface area contributed by atoms with Crippen LogP contribution in [-0.4, -0.2) is 22.8 Å². The number of carbonyl (C=O) groups excluding carboxylic acids is 2. The van der Waals surface area contributed by atoms with E-state index < -0.39 is 0 Å². The molecule has 0 N–H and O–H groups in total. The third kappa shape index (κ3) is 1.49. The molecule has 3 nitrogen and oxygen atoms in total. The molecule has 2 aliphatic rings. The molecule has 3 rings (SSSR count). The second-order valence-electron chi connectivity index (χ2n) is 4.93. The molecule has 0 aliphatic carbocycles. The summed E-state index contributed by atoms with van der Waals surface area (Å²) in [4.78, 5) is 25.0. The Labute approximate surface area is 100 Å². The van der Waals surface area contributed by atoms with E-state index in [2.05, 4.69) is 19.1 Å². The number of hydrogen-bond donors (Lipinski definition) is 0. The summed E-state index contributed by atoms with van der Waals surface area (Å²) in [5.74, 6) is 0.219. The van der Waals surface area contributed by atoms with E-state index in [1.165, 1.54) is 16.0 Å². The molecular formula is C14H15NO2. The molecule has 0 aromatic heterocycles. The molecule has 1 aromatic rings. The molecule has 3 heteroatoms. The van der Waals surface area contributed by atoms with Gasteiger partial charge in [-0.1, -0.05) is 24.3 Å². The fourth-order valence-electron chi connectivity index (χ4n) is 3.15. The van der Waals surface area contributed by atoms with Crippen molar-refractivity contribution in [3.05, 3.63) is 35.4 Å². The predicted octanol–water partition coefficient (Wildman–Crippen LogP) is 2.00. The average molecular weight is 229 g/mol. The van der Waals surface area contributed by atoms with Gasteiger partial charge in [-0.25, -0.2) is 0 Å². The fraction of sp³-hybridized carbons (Fsp3) is 0.429. The van der Waals surface area contributed by atoms with Crippen LogP contribution < -0.4 is 0 Å². The first-order valence-corrected chi connectivity index (χ1v) is 6.09. The molecule has 0 saturated carbocycles. The van der Waals surface area contributed by atoms with Crippen LogP contribution in [0.5, 0.6) is 0 Å². The lowest BCUT2D eigenvalue weighted by Crippen LogP contribution is -2.32. The highest BCUT2D eigenvalue weighted by atomic mass is 16.2. The van der Waals surface area contributed by atoms with E-state index in [0.29, 0.717) is 12.8 Å². The number of carbonyl (C=O) groups is 2. The lowest BCUT2D eigenvalue weighted by Gasteiger charge is -2.20. The third-order valence-electron chi connectivity index (χ3n) is 3.97. The quantitative estimate of drug-likeness (QED) is 0.691. The Morgan fingerprint density at radius 3 is 2.71 bits per heavy atom. The predicted molar refractivity (Wildman–Crippen MR) is 63.4 cm³/mol. The molecule has 2 amide bonds. The maximum absolute atomic E-state index is 11.9. The van der Waals surface area contributed by atoms with Gasteiger partial charge in [-0.05, 0) is 24.5 Å². The van der Waals surface area contributed by atoms with Gasteiger partial charge in [0.05, 0.1) is 0 Å². The van der Waals surface area contributed by atoms with Crippen molar-refractivity contribution in [3.8, 4) is 0 Å². The molecule has 1 aromatic carbocycles. The van der Waals surface area contributed by atoms with E-state index in [9.17, 15) is 9.59 Å². The number of fused-ring (bicyclic) bond motifs is 1. The fourth-order valence-corrected chi connectivity index (χ4v) is 3.15. The van der Waals surface area contributed by atoms with Crippen molar-refractivity contribution in [3.63, 3.8) is 0 Å². The molecule has 2 aliphatic heterocycles. The van der Waals surface area contributed by atoms with Crippen LogP contribution in [0.2, 0.25) is 0 Å². The van der Waals surface area contributed by atoms with Gasteiger partial charge in [0.15, 0.2) is 0 Å². The Morgan fingerprint density at radius 2 is 1.94 bits per heavy atom. The highest BCUT2D eigenvalue weighted by molar-refractivity contribution is 5.99. The van der Waals surface area contributed by atoms with Crippen LogP contribution in [0.15, 0.2) is 24.3 Å². The first kappa shape index (κ1) is 10.5. The Kier molecular flexibility index (Phi) is 2.28. The number of imide groups is 1. The lowest BCUT2D eigenvalue weighted by atomic mass is 9.88. The van der Waals surface area contributed by atoms with Crippen LogP contribution in [0.4, 0.5) is 0 Å². The van der Waals surface area contributed by atoms with Crippen molar-refractivity contribution >= 4 is 11.8 Å². The zero-order chi connectivity index (χ0) is 12.0. The zero-order valence-electron chi connectivity index (χ0n) is 9.85. The maximum Gasteiger partial charge on any atom is 0.230 e. The maximum atomic E-state index is 11.9. The summed E-state index contributed by atoms with van der Waals surface area (Å²) in [5.41, 5.74) is 2.44. The molecule has 2 fully saturated rings. The van der Waals surface area contributed by atoms with Gasteiger partial charge < -0.3 is 0 Å². The summed E-state index contributed by atoms with van der Waals surface area (Å²) in [6.45, 7) is 2.07. The summed E-state index contributed by atoms with van der Waals surface area (Å²) in [6.07, 6.45) is 1.84. The highest BCUT2D eigenvalue weighted by Crippen LogP contribution is 2.41. The first-order chi connectivity index (χ1) is 8.18. The van der Waals surface area contributed by atoms with E-state index in [1.54, 1.807) is 0 Å². The van der Waals surface area contributed by atoms with Crippen molar-refractivity contribution < 1.29 is 9.59 Å². The summed E-state index contributed by atoms with van der Waals surface area (Å²) in [5, 5.41) is 0. The molecule has 2 saturated heterocycles. The van der Waals surface area contributed by atoms with Gasteiger partial charge in [-0.3, -0.25) is 14.5 Å². The average Bonchev–Trinajstić information content (AvgIpc) is 2.83. The minimum absolute atomic E-state index is 0.00533. The molecule has 2 heterocycles. The third-order valence-corrected chi connectivity index (χ3v) is 3.97. The molecule has 0 bridgehead atoms. The summed E-state index contributed by atoms with van der Waals surface area (Å²) in [6, 6.07) is 8.27. The van der Waals surface area contributed by atoms with Gasteiger partial charge in [0.2, 0.25) is 11.8 Å². The Balaban J connectivity index is 1.99. The molecule has 0 spiro atoms. The van der Waals surface area contributed by atoms with Gasteiger partial charge in [0.25, 0.3) is 0 Å².